The molecule has 4 rings (SSSR count). The molecule has 2 fully saturated rings. The Balaban J connectivity index is 1.29. The maximum absolute atomic E-state index is 12.8. The fourth-order valence-electron chi connectivity index (χ4n) is 3.55. The van der Waals surface area contributed by atoms with E-state index in [9.17, 15) is 9.18 Å². The van der Waals surface area contributed by atoms with Crippen molar-refractivity contribution in [3.8, 4) is 0 Å². The van der Waals surface area contributed by atoms with E-state index in [1.807, 2.05) is 17.0 Å². The lowest BCUT2D eigenvalue weighted by Crippen LogP contribution is -2.52. The predicted octanol–water partition coefficient (Wildman–Crippen LogP) is 2.16. The summed E-state index contributed by atoms with van der Waals surface area (Å²) >= 11 is 0. The molecule has 7 heteroatoms. The number of amides is 1. The van der Waals surface area contributed by atoms with E-state index in [2.05, 4.69) is 33.0 Å². The molecule has 2 N–H and O–H groups in total. The molecule has 1 amide bonds. The maximum atomic E-state index is 12.8. The molecule has 0 unspecified atom stereocenters. The van der Waals surface area contributed by atoms with E-state index in [0.29, 0.717) is 24.8 Å². The number of carbonyl (C=O) groups is 1. The van der Waals surface area contributed by atoms with Crippen molar-refractivity contribution < 1.29 is 9.18 Å². The molecule has 1 aromatic heterocycles. The van der Waals surface area contributed by atoms with Gasteiger partial charge in [-0.2, -0.15) is 4.39 Å². The summed E-state index contributed by atoms with van der Waals surface area (Å²) in [5, 5.41) is 13.6. The number of rotatable bonds is 4. The molecular weight excluding hydrogens is 333 g/mol. The van der Waals surface area contributed by atoms with Crippen molar-refractivity contribution in [1.82, 2.24) is 15.5 Å². The molecule has 2 aliphatic heterocycles. The van der Waals surface area contributed by atoms with Gasteiger partial charge in [0.15, 0.2) is 5.82 Å². The van der Waals surface area contributed by atoms with Crippen LogP contribution in [0.1, 0.15) is 24.3 Å². The molecule has 0 spiro atoms. The topological polar surface area (TPSA) is 70.2 Å². The highest BCUT2D eigenvalue weighted by Crippen LogP contribution is 2.27. The number of piperidine rings is 1. The van der Waals surface area contributed by atoms with Gasteiger partial charge in [0.25, 0.3) is 0 Å². The lowest BCUT2D eigenvalue weighted by atomic mass is 9.90. The summed E-state index contributed by atoms with van der Waals surface area (Å²) in [6, 6.07) is 11.1. The number of nitrogens with zero attached hydrogens (tertiary/aromatic N) is 3. The van der Waals surface area contributed by atoms with E-state index in [-0.39, 0.29) is 11.8 Å². The highest BCUT2D eigenvalue weighted by Gasteiger charge is 2.33. The van der Waals surface area contributed by atoms with E-state index >= 15 is 0 Å². The summed E-state index contributed by atoms with van der Waals surface area (Å²) in [5.41, 5.74) is 2.17. The molecule has 0 aliphatic carbocycles. The lowest BCUT2D eigenvalue weighted by molar-refractivity contribution is -0.120. The second kappa shape index (κ2) is 7.37. The van der Waals surface area contributed by atoms with Gasteiger partial charge < -0.3 is 15.5 Å². The molecule has 2 aromatic rings. The van der Waals surface area contributed by atoms with Crippen molar-refractivity contribution in [2.45, 2.75) is 18.8 Å². The summed E-state index contributed by atoms with van der Waals surface area (Å²) in [4.78, 5) is 14.3. The smallest absolute Gasteiger partial charge is 0.233 e. The van der Waals surface area contributed by atoms with Gasteiger partial charge >= 0.3 is 0 Å². The molecular formula is C19H22FN5O. The summed E-state index contributed by atoms with van der Waals surface area (Å²) < 4.78 is 12.8. The molecule has 0 saturated carbocycles. The Morgan fingerprint density at radius 3 is 2.46 bits per heavy atom. The summed E-state index contributed by atoms with van der Waals surface area (Å²) in [5.74, 6) is 0.521. The number of benzene rings is 1. The fraction of sp³-hybridized carbons (Fsp3) is 0.421. The molecule has 136 valence electrons. The third-order valence-corrected chi connectivity index (χ3v) is 5.18. The number of carbonyl (C=O) groups excluding carboxylic acids is 1. The van der Waals surface area contributed by atoms with Crippen LogP contribution in [0.3, 0.4) is 0 Å². The van der Waals surface area contributed by atoms with Crippen molar-refractivity contribution in [3.05, 3.63) is 47.9 Å². The number of hydrogen-bond acceptors (Lipinski definition) is 5. The molecule has 0 radical (unpaired) electrons. The molecule has 2 aliphatic rings. The standard InChI is InChI=1S/C19H22FN5O/c20-17-5-6-18(24-23-17)25-11-15(12-25)19(26)22-16-3-1-13(2-4-16)14-7-9-21-10-8-14/h1-6,14-15,21H,7-12H2,(H,22,26). The second-order valence-corrected chi connectivity index (χ2v) is 6.95. The van der Waals surface area contributed by atoms with Crippen LogP contribution in [-0.2, 0) is 4.79 Å². The van der Waals surface area contributed by atoms with Gasteiger partial charge in [-0.3, -0.25) is 4.79 Å². The Hall–Kier alpha value is -2.54. The first-order valence-electron chi connectivity index (χ1n) is 9.05. The SMILES string of the molecule is O=C(Nc1ccc(C2CCNCC2)cc1)C1CN(c2ccc(F)nn2)C1. The van der Waals surface area contributed by atoms with Crippen molar-refractivity contribution in [3.63, 3.8) is 0 Å². The van der Waals surface area contributed by atoms with E-state index in [4.69, 9.17) is 0 Å². The largest absolute Gasteiger partial charge is 0.353 e. The number of nitrogens with one attached hydrogen (secondary N) is 2. The zero-order valence-electron chi connectivity index (χ0n) is 14.5. The van der Waals surface area contributed by atoms with Gasteiger partial charge in [-0.05, 0) is 61.7 Å². The summed E-state index contributed by atoms with van der Waals surface area (Å²) in [7, 11) is 0. The van der Waals surface area contributed by atoms with E-state index in [0.717, 1.165) is 31.6 Å². The Morgan fingerprint density at radius 1 is 1.08 bits per heavy atom. The highest BCUT2D eigenvalue weighted by molar-refractivity contribution is 5.94. The Labute approximate surface area is 151 Å². The zero-order chi connectivity index (χ0) is 17.9. The van der Waals surface area contributed by atoms with E-state index in [1.54, 1.807) is 6.07 Å². The van der Waals surface area contributed by atoms with Crippen LogP contribution >= 0.6 is 0 Å². The first-order valence-corrected chi connectivity index (χ1v) is 9.05. The number of aromatic nitrogens is 2. The van der Waals surface area contributed by atoms with Crippen molar-refractivity contribution in [1.29, 1.82) is 0 Å². The van der Waals surface area contributed by atoms with Gasteiger partial charge in [-0.25, -0.2) is 0 Å². The molecule has 1 aromatic carbocycles. The van der Waals surface area contributed by atoms with Gasteiger partial charge in [0.1, 0.15) is 0 Å². The van der Waals surface area contributed by atoms with Crippen LogP contribution in [0, 0.1) is 11.9 Å². The molecule has 0 atom stereocenters. The van der Waals surface area contributed by atoms with Crippen LogP contribution in [0.25, 0.3) is 0 Å². The van der Waals surface area contributed by atoms with Gasteiger partial charge in [-0.15, -0.1) is 10.2 Å². The van der Waals surface area contributed by atoms with Gasteiger partial charge in [0.2, 0.25) is 11.9 Å². The van der Waals surface area contributed by atoms with E-state index in [1.165, 1.54) is 11.6 Å². The van der Waals surface area contributed by atoms with Crippen LogP contribution < -0.4 is 15.5 Å². The number of anilines is 2. The highest BCUT2D eigenvalue weighted by atomic mass is 19.1. The predicted molar refractivity (Wildman–Crippen MR) is 97.6 cm³/mol. The van der Waals surface area contributed by atoms with Crippen LogP contribution in [-0.4, -0.2) is 42.3 Å². The molecule has 26 heavy (non-hydrogen) atoms. The first-order chi connectivity index (χ1) is 12.7. The molecule has 6 nitrogen and oxygen atoms in total. The van der Waals surface area contributed by atoms with Crippen LogP contribution in [0.2, 0.25) is 0 Å². The lowest BCUT2D eigenvalue weighted by Gasteiger charge is -2.38. The Kier molecular flexibility index (Phi) is 4.79. The van der Waals surface area contributed by atoms with Crippen molar-refractivity contribution >= 4 is 17.4 Å². The van der Waals surface area contributed by atoms with Crippen LogP contribution in [0.4, 0.5) is 15.9 Å². The van der Waals surface area contributed by atoms with Gasteiger partial charge in [0.05, 0.1) is 5.92 Å². The minimum absolute atomic E-state index is 0.00550. The molecule has 0 bridgehead atoms. The van der Waals surface area contributed by atoms with Gasteiger partial charge in [0, 0.05) is 18.8 Å². The van der Waals surface area contributed by atoms with Crippen molar-refractivity contribution in [2.75, 3.05) is 36.4 Å². The average Bonchev–Trinajstić information content (AvgIpc) is 2.63. The minimum atomic E-state index is -0.600. The third-order valence-electron chi connectivity index (χ3n) is 5.18. The zero-order valence-corrected chi connectivity index (χ0v) is 14.5. The van der Waals surface area contributed by atoms with Crippen molar-refractivity contribution in [2.24, 2.45) is 5.92 Å². The monoisotopic (exact) mass is 355 g/mol. The third kappa shape index (κ3) is 3.67. The molecule has 2 saturated heterocycles. The Bertz CT molecular complexity index is 753. The second-order valence-electron chi connectivity index (χ2n) is 6.95. The maximum Gasteiger partial charge on any atom is 0.233 e. The average molecular weight is 355 g/mol. The number of hydrogen-bond donors (Lipinski definition) is 2. The quantitative estimate of drug-likeness (QED) is 0.880. The summed E-state index contributed by atoms with van der Waals surface area (Å²) in [6.07, 6.45) is 2.33. The summed E-state index contributed by atoms with van der Waals surface area (Å²) in [6.45, 7) is 3.28. The minimum Gasteiger partial charge on any atom is -0.353 e. The normalized spacial score (nSPS) is 18.4. The number of halogens is 1. The van der Waals surface area contributed by atoms with Crippen LogP contribution in [0.5, 0.6) is 0 Å². The molecule has 3 heterocycles. The van der Waals surface area contributed by atoms with E-state index < -0.39 is 5.95 Å². The first kappa shape index (κ1) is 16.9. The Morgan fingerprint density at radius 2 is 1.81 bits per heavy atom. The fourth-order valence-corrected chi connectivity index (χ4v) is 3.55. The van der Waals surface area contributed by atoms with Crippen LogP contribution in [0.15, 0.2) is 36.4 Å². The van der Waals surface area contributed by atoms with Gasteiger partial charge in [-0.1, -0.05) is 12.1 Å².